The van der Waals surface area contributed by atoms with Gasteiger partial charge in [0.1, 0.15) is 11.7 Å². The van der Waals surface area contributed by atoms with E-state index in [0.717, 1.165) is 23.5 Å². The summed E-state index contributed by atoms with van der Waals surface area (Å²) in [5, 5.41) is 9.89. The van der Waals surface area contributed by atoms with Crippen LogP contribution in [-0.2, 0) is 4.79 Å². The number of alkyl halides is 1. The molecule has 36 heavy (non-hydrogen) atoms. The molecule has 0 spiro atoms. The van der Waals surface area contributed by atoms with E-state index >= 15 is 4.39 Å². The molecule has 2 aliphatic rings. The summed E-state index contributed by atoms with van der Waals surface area (Å²) in [6.45, 7) is 3.15. The molecule has 4 N–H and O–H groups in total. The first kappa shape index (κ1) is 26.2. The Labute approximate surface area is 209 Å². The minimum atomic E-state index is -1.20. The number of amides is 2. The van der Waals surface area contributed by atoms with Gasteiger partial charge in [-0.15, -0.1) is 5.10 Å². The number of nitrogen functional groups attached to an aromatic ring is 1. The van der Waals surface area contributed by atoms with Gasteiger partial charge in [0.05, 0.1) is 24.5 Å². The van der Waals surface area contributed by atoms with Gasteiger partial charge >= 0.3 is 0 Å². The zero-order chi connectivity index (χ0) is 26.0. The number of hydrogen-bond donors (Lipinski definition) is 3. The van der Waals surface area contributed by atoms with Crippen LogP contribution in [0.1, 0.15) is 23.2 Å². The maximum Gasteiger partial charge on any atom is 0.259 e. The van der Waals surface area contributed by atoms with Crippen LogP contribution in [0.3, 0.4) is 0 Å². The number of aromatic nitrogens is 3. The zero-order valence-corrected chi connectivity index (χ0v) is 21.0. The first-order chi connectivity index (χ1) is 17.2. The number of fused-ring (bicyclic) bond motifs is 1. The second-order valence-electron chi connectivity index (χ2n) is 9.92. The van der Waals surface area contributed by atoms with Gasteiger partial charge in [0.2, 0.25) is 5.91 Å². The summed E-state index contributed by atoms with van der Waals surface area (Å²) >= 11 is 0. The van der Waals surface area contributed by atoms with Gasteiger partial charge in [-0.1, -0.05) is 0 Å². The van der Waals surface area contributed by atoms with Crippen LogP contribution in [0.5, 0.6) is 0 Å². The molecule has 2 amide bonds. The molecule has 2 saturated heterocycles. The fourth-order valence-electron chi connectivity index (χ4n) is 5.09. The average Bonchev–Trinajstić information content (AvgIpc) is 3.17. The van der Waals surface area contributed by atoms with Gasteiger partial charge in [-0.3, -0.25) is 14.5 Å². The molecule has 0 radical (unpaired) electrons. The summed E-state index contributed by atoms with van der Waals surface area (Å²) < 4.78 is 29.8. The number of carbonyl (C=O) groups is 2. The quantitative estimate of drug-likeness (QED) is 0.462. The number of carbonyl (C=O) groups excluding carboxylic acids is 2. The smallest absolute Gasteiger partial charge is 0.259 e. The molecule has 2 aliphatic heterocycles. The van der Waals surface area contributed by atoms with E-state index in [0.29, 0.717) is 39.0 Å². The molecule has 198 valence electrons. The van der Waals surface area contributed by atoms with Crippen LogP contribution in [0.4, 0.5) is 14.6 Å². The highest BCUT2D eigenvalue weighted by atomic mass is 19.1. The molecule has 2 fully saturated rings. The van der Waals surface area contributed by atoms with Gasteiger partial charge in [0.25, 0.3) is 5.91 Å². The highest BCUT2D eigenvalue weighted by molar-refractivity contribution is 6.04. The monoisotopic (exact) mass is 507 g/mol. The third-order valence-corrected chi connectivity index (χ3v) is 7.06. The molecule has 11 nitrogen and oxygen atoms in total. The molecule has 0 saturated carbocycles. The van der Waals surface area contributed by atoms with E-state index in [-0.39, 0.29) is 35.4 Å². The van der Waals surface area contributed by atoms with Gasteiger partial charge in [-0.2, -0.15) is 0 Å². The minimum absolute atomic E-state index is 0.0276. The molecule has 2 aromatic rings. The van der Waals surface area contributed by atoms with Crippen molar-refractivity contribution in [2.75, 3.05) is 66.1 Å². The largest absolute Gasteiger partial charge is 0.381 e. The molecule has 13 heteroatoms. The molecule has 2 aromatic heterocycles. The van der Waals surface area contributed by atoms with E-state index in [1.54, 1.807) is 4.90 Å². The Bertz CT molecular complexity index is 1090. The van der Waals surface area contributed by atoms with E-state index in [1.165, 1.54) is 0 Å². The normalized spacial score (nSPS) is 23.8. The van der Waals surface area contributed by atoms with Crippen molar-refractivity contribution in [1.29, 1.82) is 0 Å². The molecular weight excluding hydrogens is 472 g/mol. The first-order valence-corrected chi connectivity index (χ1v) is 12.2. The number of anilines is 1. The zero-order valence-electron chi connectivity index (χ0n) is 21.0. The second-order valence-corrected chi connectivity index (χ2v) is 9.92. The number of rotatable bonds is 7. The van der Waals surface area contributed by atoms with Crippen LogP contribution >= 0.6 is 0 Å². The maximum absolute atomic E-state index is 15.2. The highest BCUT2D eigenvalue weighted by Crippen LogP contribution is 2.26. The number of hydrogen-bond acceptors (Lipinski definition) is 8. The SMILES string of the molecule is CN(C)CCN(C)C(=O)C1CCN(C2C(F)CNCC2NC(=O)c2c(N)nn3cc(F)cnc23)CC1. The molecule has 3 unspecified atom stereocenters. The van der Waals surface area contributed by atoms with Gasteiger partial charge in [0, 0.05) is 39.1 Å². The van der Waals surface area contributed by atoms with Crippen molar-refractivity contribution in [1.82, 2.24) is 39.9 Å². The van der Waals surface area contributed by atoms with E-state index < -0.39 is 30.0 Å². The Balaban J connectivity index is 1.42. The van der Waals surface area contributed by atoms with Gasteiger partial charge in [-0.25, -0.2) is 18.3 Å². The van der Waals surface area contributed by atoms with Crippen molar-refractivity contribution in [2.24, 2.45) is 5.92 Å². The number of nitrogens with one attached hydrogen (secondary N) is 2. The Morgan fingerprint density at radius 2 is 1.94 bits per heavy atom. The average molecular weight is 508 g/mol. The number of nitrogens with two attached hydrogens (primary N) is 1. The van der Waals surface area contributed by atoms with Crippen LogP contribution in [0.15, 0.2) is 12.4 Å². The van der Waals surface area contributed by atoms with Crippen molar-refractivity contribution >= 4 is 23.3 Å². The van der Waals surface area contributed by atoms with Crippen LogP contribution in [0, 0.1) is 11.7 Å². The Morgan fingerprint density at radius 1 is 1.22 bits per heavy atom. The predicted molar refractivity (Wildman–Crippen MR) is 131 cm³/mol. The van der Waals surface area contributed by atoms with Crippen molar-refractivity contribution in [3.05, 3.63) is 23.8 Å². The van der Waals surface area contributed by atoms with Crippen molar-refractivity contribution in [3.8, 4) is 0 Å². The lowest BCUT2D eigenvalue weighted by molar-refractivity contribution is -0.136. The topological polar surface area (TPSA) is 124 Å². The fourth-order valence-corrected chi connectivity index (χ4v) is 5.09. The van der Waals surface area contributed by atoms with Gasteiger partial charge in [0.15, 0.2) is 17.3 Å². The lowest BCUT2D eigenvalue weighted by Gasteiger charge is -2.45. The summed E-state index contributed by atoms with van der Waals surface area (Å²) in [7, 11) is 5.76. The summed E-state index contributed by atoms with van der Waals surface area (Å²) in [6.07, 6.45) is 2.14. The van der Waals surface area contributed by atoms with Crippen molar-refractivity contribution in [2.45, 2.75) is 31.1 Å². The third kappa shape index (κ3) is 5.57. The number of halogens is 2. The molecule has 0 bridgehead atoms. The minimum Gasteiger partial charge on any atom is -0.381 e. The van der Waals surface area contributed by atoms with Gasteiger partial charge < -0.3 is 26.2 Å². The van der Waals surface area contributed by atoms with E-state index in [1.807, 2.05) is 30.9 Å². The Kier molecular flexibility index (Phi) is 8.00. The van der Waals surface area contributed by atoms with E-state index in [2.05, 4.69) is 20.7 Å². The fraction of sp³-hybridized carbons (Fsp3) is 0.652. The van der Waals surface area contributed by atoms with Crippen LogP contribution in [0.2, 0.25) is 0 Å². The summed E-state index contributed by atoms with van der Waals surface area (Å²) in [5.41, 5.74) is 6.08. The van der Waals surface area contributed by atoms with E-state index in [4.69, 9.17) is 5.73 Å². The molecule has 3 atom stereocenters. The van der Waals surface area contributed by atoms with Crippen molar-refractivity contribution < 1.29 is 18.4 Å². The summed E-state index contributed by atoms with van der Waals surface area (Å²) in [5.74, 6) is -1.21. The summed E-state index contributed by atoms with van der Waals surface area (Å²) in [4.78, 5) is 35.8. The standard InChI is InChI=1S/C23H35F2N9O2/c1-31(2)8-9-32(3)23(36)14-4-6-33(7-5-14)19-16(25)11-27-12-17(19)29-22(35)18-20(26)30-34-13-15(24)10-28-21(18)34/h10,13-14,16-17,19,27H,4-9,11-12H2,1-3H3,(H2,26,30)(H,29,35). The second kappa shape index (κ2) is 11.0. The maximum atomic E-state index is 15.2. The van der Waals surface area contributed by atoms with Crippen LogP contribution in [-0.4, -0.2) is 120 Å². The number of likely N-dealkylation sites (tertiary alicyclic amines) is 1. The lowest BCUT2D eigenvalue weighted by atomic mass is 9.90. The number of likely N-dealkylation sites (N-methyl/N-ethyl adjacent to an activating group) is 2. The molecule has 0 aromatic carbocycles. The van der Waals surface area contributed by atoms with Crippen LogP contribution < -0.4 is 16.4 Å². The van der Waals surface area contributed by atoms with Gasteiger partial charge in [-0.05, 0) is 40.0 Å². The van der Waals surface area contributed by atoms with Crippen molar-refractivity contribution in [3.63, 3.8) is 0 Å². The molecule has 4 heterocycles. The molecular formula is C23H35F2N9O2. The third-order valence-electron chi connectivity index (χ3n) is 7.06. The Morgan fingerprint density at radius 3 is 2.64 bits per heavy atom. The lowest BCUT2D eigenvalue weighted by Crippen LogP contribution is -2.66. The molecule has 4 rings (SSSR count). The summed E-state index contributed by atoms with van der Waals surface area (Å²) in [6, 6.07) is -1.09. The van der Waals surface area contributed by atoms with Crippen LogP contribution in [0.25, 0.3) is 5.65 Å². The van der Waals surface area contributed by atoms with E-state index in [9.17, 15) is 14.0 Å². The Hall–Kier alpha value is -2.90. The number of piperidine rings is 2. The predicted octanol–water partition coefficient (Wildman–Crippen LogP) is -0.409. The number of nitrogens with zero attached hydrogens (tertiary/aromatic N) is 6. The first-order valence-electron chi connectivity index (χ1n) is 12.2. The molecule has 0 aliphatic carbocycles. The highest BCUT2D eigenvalue weighted by Gasteiger charge is 2.41.